The van der Waals surface area contributed by atoms with Gasteiger partial charge in [-0.2, -0.15) is 0 Å². The summed E-state index contributed by atoms with van der Waals surface area (Å²) in [4.78, 5) is 2.41. The van der Waals surface area contributed by atoms with Crippen molar-refractivity contribution in [2.45, 2.75) is 45.4 Å². The molecule has 1 aliphatic rings. The van der Waals surface area contributed by atoms with Gasteiger partial charge in [0.05, 0.1) is 19.3 Å². The maximum atomic E-state index is 9.28. The molecule has 0 aromatic heterocycles. The molecule has 1 fully saturated rings. The average Bonchev–Trinajstić information content (AvgIpc) is 2.03. The molecule has 1 rings (SSSR count). The highest BCUT2D eigenvalue weighted by molar-refractivity contribution is 4.77. The van der Waals surface area contributed by atoms with Crippen LogP contribution < -0.4 is 0 Å². The van der Waals surface area contributed by atoms with Gasteiger partial charge in [-0.1, -0.05) is 0 Å². The van der Waals surface area contributed by atoms with Gasteiger partial charge < -0.3 is 9.84 Å². The molecule has 1 saturated heterocycles. The standard InChI is InChI=1S/C10H21NO2/c1-8(6-10(3)12)11-4-5-13-7-9(11)2/h8-10,12H,4-7H2,1-3H3. The maximum absolute atomic E-state index is 9.28. The van der Waals surface area contributed by atoms with Crippen LogP contribution >= 0.6 is 0 Å². The highest BCUT2D eigenvalue weighted by Gasteiger charge is 2.24. The summed E-state index contributed by atoms with van der Waals surface area (Å²) in [7, 11) is 0. The maximum Gasteiger partial charge on any atom is 0.0619 e. The summed E-state index contributed by atoms with van der Waals surface area (Å²) in [6, 6.07) is 0.946. The van der Waals surface area contributed by atoms with Crippen molar-refractivity contribution in [1.82, 2.24) is 4.90 Å². The number of rotatable bonds is 3. The van der Waals surface area contributed by atoms with Crippen LogP contribution in [0.2, 0.25) is 0 Å². The van der Waals surface area contributed by atoms with Gasteiger partial charge in [-0.25, -0.2) is 0 Å². The Balaban J connectivity index is 2.39. The fraction of sp³-hybridized carbons (Fsp3) is 1.00. The molecule has 0 aliphatic carbocycles. The van der Waals surface area contributed by atoms with E-state index in [2.05, 4.69) is 18.7 Å². The van der Waals surface area contributed by atoms with Gasteiger partial charge in [0.25, 0.3) is 0 Å². The van der Waals surface area contributed by atoms with Crippen LogP contribution in [0.4, 0.5) is 0 Å². The van der Waals surface area contributed by atoms with E-state index in [1.165, 1.54) is 0 Å². The molecule has 0 spiro atoms. The number of morpholine rings is 1. The fourth-order valence-corrected chi connectivity index (χ4v) is 2.02. The van der Waals surface area contributed by atoms with Crippen LogP contribution in [0.3, 0.4) is 0 Å². The average molecular weight is 187 g/mol. The third-order valence-corrected chi connectivity index (χ3v) is 2.67. The fourth-order valence-electron chi connectivity index (χ4n) is 2.02. The lowest BCUT2D eigenvalue weighted by Gasteiger charge is -2.38. The molecule has 13 heavy (non-hydrogen) atoms. The molecule has 0 aromatic carbocycles. The van der Waals surface area contributed by atoms with Gasteiger partial charge in [-0.3, -0.25) is 4.90 Å². The molecule has 1 N–H and O–H groups in total. The molecule has 0 aromatic rings. The molecule has 0 bridgehead atoms. The largest absolute Gasteiger partial charge is 0.393 e. The lowest BCUT2D eigenvalue weighted by Crippen LogP contribution is -2.49. The summed E-state index contributed by atoms with van der Waals surface area (Å²) >= 11 is 0. The summed E-state index contributed by atoms with van der Waals surface area (Å²) in [5, 5.41) is 9.28. The molecule has 0 saturated carbocycles. The Morgan fingerprint density at radius 3 is 2.77 bits per heavy atom. The zero-order valence-electron chi connectivity index (χ0n) is 8.86. The van der Waals surface area contributed by atoms with E-state index in [1.807, 2.05) is 6.92 Å². The van der Waals surface area contributed by atoms with Crippen LogP contribution in [-0.2, 0) is 4.74 Å². The third kappa shape index (κ3) is 3.25. The van der Waals surface area contributed by atoms with Crippen LogP contribution in [0, 0.1) is 0 Å². The highest BCUT2D eigenvalue weighted by Crippen LogP contribution is 2.14. The lowest BCUT2D eigenvalue weighted by atomic mass is 10.1. The predicted molar refractivity (Wildman–Crippen MR) is 52.7 cm³/mol. The Kier molecular flexibility index (Phi) is 4.16. The van der Waals surface area contributed by atoms with Crippen molar-refractivity contribution < 1.29 is 9.84 Å². The summed E-state index contributed by atoms with van der Waals surface area (Å²) in [6.45, 7) is 8.85. The van der Waals surface area contributed by atoms with Gasteiger partial charge in [0.15, 0.2) is 0 Å². The molecule has 3 atom stereocenters. The Labute approximate surface area is 80.7 Å². The van der Waals surface area contributed by atoms with E-state index in [4.69, 9.17) is 4.74 Å². The van der Waals surface area contributed by atoms with E-state index in [1.54, 1.807) is 0 Å². The number of nitrogens with zero attached hydrogens (tertiary/aromatic N) is 1. The van der Waals surface area contributed by atoms with Gasteiger partial charge >= 0.3 is 0 Å². The second kappa shape index (κ2) is 4.94. The Bertz CT molecular complexity index is 150. The van der Waals surface area contributed by atoms with E-state index in [9.17, 15) is 5.11 Å². The molecule has 1 aliphatic heterocycles. The van der Waals surface area contributed by atoms with Gasteiger partial charge in [0.1, 0.15) is 0 Å². The predicted octanol–water partition coefficient (Wildman–Crippen LogP) is 0.866. The van der Waals surface area contributed by atoms with Crippen LogP contribution in [0.25, 0.3) is 0 Å². The van der Waals surface area contributed by atoms with Crippen LogP contribution in [-0.4, -0.2) is 48.0 Å². The Hall–Kier alpha value is -0.120. The summed E-state index contributed by atoms with van der Waals surface area (Å²) in [6.07, 6.45) is 0.648. The number of aliphatic hydroxyl groups is 1. The molecular weight excluding hydrogens is 166 g/mol. The number of aliphatic hydroxyl groups excluding tert-OH is 1. The van der Waals surface area contributed by atoms with Gasteiger partial charge in [0.2, 0.25) is 0 Å². The van der Waals surface area contributed by atoms with E-state index in [0.717, 1.165) is 26.2 Å². The lowest BCUT2D eigenvalue weighted by molar-refractivity contribution is -0.0267. The minimum atomic E-state index is -0.204. The van der Waals surface area contributed by atoms with Crippen molar-refractivity contribution in [3.63, 3.8) is 0 Å². The zero-order chi connectivity index (χ0) is 9.84. The van der Waals surface area contributed by atoms with Gasteiger partial charge in [0, 0.05) is 18.6 Å². The third-order valence-electron chi connectivity index (χ3n) is 2.67. The molecule has 3 heteroatoms. The molecule has 0 radical (unpaired) electrons. The molecule has 0 amide bonds. The molecule has 3 nitrogen and oxygen atoms in total. The normalized spacial score (nSPS) is 30.0. The second-order valence-electron chi connectivity index (χ2n) is 4.10. The topological polar surface area (TPSA) is 32.7 Å². The summed E-state index contributed by atoms with van der Waals surface area (Å²) < 4.78 is 5.36. The van der Waals surface area contributed by atoms with Crippen LogP contribution in [0.1, 0.15) is 27.2 Å². The van der Waals surface area contributed by atoms with E-state index in [-0.39, 0.29) is 6.10 Å². The van der Waals surface area contributed by atoms with Crippen molar-refractivity contribution in [3.05, 3.63) is 0 Å². The van der Waals surface area contributed by atoms with Crippen molar-refractivity contribution in [3.8, 4) is 0 Å². The first-order valence-corrected chi connectivity index (χ1v) is 5.12. The number of hydrogen-bond donors (Lipinski definition) is 1. The number of ether oxygens (including phenoxy) is 1. The minimum absolute atomic E-state index is 0.204. The SMILES string of the molecule is CC(O)CC(C)N1CCOCC1C. The molecule has 3 unspecified atom stereocenters. The smallest absolute Gasteiger partial charge is 0.0619 e. The number of hydrogen-bond acceptors (Lipinski definition) is 3. The van der Waals surface area contributed by atoms with Crippen LogP contribution in [0.15, 0.2) is 0 Å². The zero-order valence-corrected chi connectivity index (χ0v) is 8.86. The first-order valence-electron chi connectivity index (χ1n) is 5.12. The monoisotopic (exact) mass is 187 g/mol. The molecule has 78 valence electrons. The highest BCUT2D eigenvalue weighted by atomic mass is 16.5. The van der Waals surface area contributed by atoms with E-state index in [0.29, 0.717) is 12.1 Å². The minimum Gasteiger partial charge on any atom is -0.393 e. The van der Waals surface area contributed by atoms with Crippen LogP contribution in [0.5, 0.6) is 0 Å². The molecular formula is C10H21NO2. The van der Waals surface area contributed by atoms with Crippen molar-refractivity contribution in [2.75, 3.05) is 19.8 Å². The summed E-state index contributed by atoms with van der Waals surface area (Å²) in [5.74, 6) is 0. The first kappa shape index (κ1) is 11.0. The van der Waals surface area contributed by atoms with Gasteiger partial charge in [-0.05, 0) is 27.2 Å². The molecule has 1 heterocycles. The van der Waals surface area contributed by atoms with Gasteiger partial charge in [-0.15, -0.1) is 0 Å². The van der Waals surface area contributed by atoms with E-state index < -0.39 is 0 Å². The first-order chi connectivity index (χ1) is 6.11. The second-order valence-corrected chi connectivity index (χ2v) is 4.10. The van der Waals surface area contributed by atoms with Crippen molar-refractivity contribution in [1.29, 1.82) is 0 Å². The Morgan fingerprint density at radius 2 is 2.23 bits per heavy atom. The summed E-state index contributed by atoms with van der Waals surface area (Å²) in [5.41, 5.74) is 0. The Morgan fingerprint density at radius 1 is 1.54 bits per heavy atom. The van der Waals surface area contributed by atoms with Crippen molar-refractivity contribution in [2.24, 2.45) is 0 Å². The van der Waals surface area contributed by atoms with E-state index >= 15 is 0 Å². The van der Waals surface area contributed by atoms with Crippen molar-refractivity contribution >= 4 is 0 Å². The quantitative estimate of drug-likeness (QED) is 0.711.